The first-order valence-electron chi connectivity index (χ1n) is 6.18. The Labute approximate surface area is 122 Å². The van der Waals surface area contributed by atoms with E-state index in [9.17, 15) is 4.21 Å². The Kier molecular flexibility index (Phi) is 5.32. The number of thiol groups is 1. The van der Waals surface area contributed by atoms with Gasteiger partial charge in [-0.1, -0.05) is 5.92 Å². The quantitative estimate of drug-likeness (QED) is 0.681. The number of hydrogen-bond donors (Lipinski definition) is 1. The lowest BCUT2D eigenvalue weighted by molar-refractivity contribution is 0.370. The van der Waals surface area contributed by atoms with Crippen LogP contribution in [0.4, 0.5) is 0 Å². The predicted molar refractivity (Wildman–Crippen MR) is 80.8 cm³/mol. The lowest BCUT2D eigenvalue weighted by Crippen LogP contribution is -2.23. The van der Waals surface area contributed by atoms with Gasteiger partial charge in [0.05, 0.1) is 4.90 Å². The maximum atomic E-state index is 12.3. The molecule has 0 saturated carbocycles. The Morgan fingerprint density at radius 1 is 1.47 bits per heavy atom. The lowest BCUT2D eigenvalue weighted by Gasteiger charge is -2.14. The van der Waals surface area contributed by atoms with Crippen LogP contribution in [0.15, 0.2) is 29.2 Å². The van der Waals surface area contributed by atoms with E-state index in [-0.39, 0.29) is 0 Å². The molecule has 5 heteroatoms. The van der Waals surface area contributed by atoms with E-state index >= 15 is 0 Å². The van der Waals surface area contributed by atoms with Gasteiger partial charge in [-0.3, -0.25) is 0 Å². The summed E-state index contributed by atoms with van der Waals surface area (Å²) >= 11 is 4.41. The van der Waals surface area contributed by atoms with Crippen molar-refractivity contribution in [2.45, 2.75) is 23.5 Å². The summed E-state index contributed by atoms with van der Waals surface area (Å²) in [6.07, 6.45) is 0.992. The van der Waals surface area contributed by atoms with Crippen LogP contribution in [-0.4, -0.2) is 33.5 Å². The molecule has 102 valence electrons. The third-order valence-corrected chi connectivity index (χ3v) is 4.77. The van der Waals surface area contributed by atoms with Crippen molar-refractivity contribution in [1.29, 1.82) is 0 Å². The molecule has 1 aliphatic heterocycles. The molecule has 19 heavy (non-hydrogen) atoms. The van der Waals surface area contributed by atoms with Gasteiger partial charge in [-0.05, 0) is 37.6 Å². The van der Waals surface area contributed by atoms with Crippen LogP contribution in [-0.2, 0) is 11.0 Å². The smallest absolute Gasteiger partial charge is 0.149 e. The molecule has 1 heterocycles. The first-order chi connectivity index (χ1) is 9.20. The van der Waals surface area contributed by atoms with E-state index in [4.69, 9.17) is 4.74 Å². The van der Waals surface area contributed by atoms with Crippen molar-refractivity contribution in [3.8, 4) is 17.6 Å². The average Bonchev–Trinajstić information content (AvgIpc) is 2.86. The fourth-order valence-corrected chi connectivity index (χ4v) is 3.53. The highest BCUT2D eigenvalue weighted by molar-refractivity contribution is 7.83. The summed E-state index contributed by atoms with van der Waals surface area (Å²) in [6, 6.07) is 7.35. The summed E-state index contributed by atoms with van der Waals surface area (Å²) in [5, 5.41) is 0.333. The molecule has 0 spiro atoms. The van der Waals surface area contributed by atoms with Crippen LogP contribution in [0, 0.1) is 11.8 Å². The summed E-state index contributed by atoms with van der Waals surface area (Å²) in [5.74, 6) is 6.35. The number of rotatable bonds is 4. The Morgan fingerprint density at radius 3 is 2.79 bits per heavy atom. The van der Waals surface area contributed by atoms with Gasteiger partial charge in [-0.15, -0.1) is 5.92 Å². The van der Waals surface area contributed by atoms with Gasteiger partial charge in [0.25, 0.3) is 0 Å². The molecule has 0 bridgehead atoms. The number of nitrogens with zero attached hydrogens (tertiary/aromatic N) is 1. The first kappa shape index (κ1) is 14.4. The highest BCUT2D eigenvalue weighted by Gasteiger charge is 2.24. The molecule has 1 aromatic rings. The van der Waals surface area contributed by atoms with Crippen LogP contribution >= 0.6 is 12.6 Å². The second kappa shape index (κ2) is 6.99. The molecule has 1 saturated heterocycles. The van der Waals surface area contributed by atoms with Gasteiger partial charge in [0.2, 0.25) is 0 Å². The highest BCUT2D eigenvalue weighted by atomic mass is 32.2. The van der Waals surface area contributed by atoms with E-state index in [0.717, 1.165) is 30.2 Å². The van der Waals surface area contributed by atoms with E-state index < -0.39 is 11.0 Å². The normalized spacial score (nSPS) is 20.6. The monoisotopic (exact) mass is 295 g/mol. The topological polar surface area (TPSA) is 29.5 Å². The molecule has 2 atom stereocenters. The number of benzene rings is 1. The van der Waals surface area contributed by atoms with Crippen molar-refractivity contribution in [3.63, 3.8) is 0 Å². The summed E-state index contributed by atoms with van der Waals surface area (Å²) in [5.41, 5.74) is 0. The van der Waals surface area contributed by atoms with Crippen molar-refractivity contribution in [2.24, 2.45) is 0 Å². The van der Waals surface area contributed by atoms with Gasteiger partial charge in [0, 0.05) is 18.3 Å². The highest BCUT2D eigenvalue weighted by Crippen LogP contribution is 2.22. The fraction of sp³-hybridized carbons (Fsp3) is 0.429. The summed E-state index contributed by atoms with van der Waals surface area (Å²) < 4.78 is 19.7. The van der Waals surface area contributed by atoms with E-state index in [1.54, 1.807) is 6.92 Å². The molecule has 0 aromatic heterocycles. The number of hydrogen-bond acceptors (Lipinski definition) is 3. The first-order valence-corrected chi connectivity index (χ1v) is 7.80. The van der Waals surface area contributed by atoms with Crippen LogP contribution < -0.4 is 4.74 Å². The Morgan fingerprint density at radius 2 is 2.21 bits per heavy atom. The minimum atomic E-state index is -1.09. The molecule has 3 nitrogen and oxygen atoms in total. The van der Waals surface area contributed by atoms with Crippen molar-refractivity contribution in [1.82, 2.24) is 4.31 Å². The zero-order chi connectivity index (χ0) is 13.7. The van der Waals surface area contributed by atoms with Crippen LogP contribution in [0.25, 0.3) is 0 Å². The van der Waals surface area contributed by atoms with Crippen LogP contribution in [0.2, 0.25) is 0 Å². The second-order valence-corrected chi connectivity index (χ2v) is 6.48. The van der Waals surface area contributed by atoms with Gasteiger partial charge in [0.1, 0.15) is 23.3 Å². The Balaban J connectivity index is 1.97. The van der Waals surface area contributed by atoms with Gasteiger partial charge in [-0.25, -0.2) is 8.51 Å². The Bertz CT molecular complexity index is 504. The summed E-state index contributed by atoms with van der Waals surface area (Å²) in [4.78, 5) is 0.802. The maximum absolute atomic E-state index is 12.3. The molecule has 0 aliphatic carbocycles. The van der Waals surface area contributed by atoms with Gasteiger partial charge in [-0.2, -0.15) is 12.6 Å². The molecule has 2 unspecified atom stereocenters. The molecule has 1 fully saturated rings. The van der Waals surface area contributed by atoms with E-state index in [2.05, 4.69) is 24.5 Å². The van der Waals surface area contributed by atoms with E-state index in [1.165, 1.54) is 0 Å². The standard InChI is InChI=1S/C14H17NO2S2/c1-2-3-10-17-12-4-6-14(7-5-12)19(16)15-9-8-13(18)11-15/h4-7,13,18H,8-11H2,1H3. The average molecular weight is 295 g/mol. The molecule has 1 aliphatic rings. The van der Waals surface area contributed by atoms with E-state index in [0.29, 0.717) is 11.9 Å². The van der Waals surface area contributed by atoms with Gasteiger partial charge >= 0.3 is 0 Å². The number of ether oxygens (including phenoxy) is 1. The minimum Gasteiger partial charge on any atom is -0.481 e. The van der Waals surface area contributed by atoms with Gasteiger partial charge in [0.15, 0.2) is 0 Å². The zero-order valence-corrected chi connectivity index (χ0v) is 12.5. The van der Waals surface area contributed by atoms with Crippen LogP contribution in [0.3, 0.4) is 0 Å². The van der Waals surface area contributed by atoms with Crippen molar-refractivity contribution < 1.29 is 8.95 Å². The van der Waals surface area contributed by atoms with Crippen molar-refractivity contribution >= 4 is 23.6 Å². The SMILES string of the molecule is CC#CCOc1ccc(S(=O)N2CCC(S)C2)cc1. The molecule has 2 rings (SSSR count). The molecule has 1 aromatic carbocycles. The van der Waals surface area contributed by atoms with Crippen LogP contribution in [0.1, 0.15) is 13.3 Å². The van der Waals surface area contributed by atoms with Gasteiger partial charge < -0.3 is 4.74 Å². The maximum Gasteiger partial charge on any atom is 0.149 e. The molecular formula is C14H17NO2S2. The van der Waals surface area contributed by atoms with E-state index in [1.807, 2.05) is 28.6 Å². The van der Waals surface area contributed by atoms with Crippen molar-refractivity contribution in [2.75, 3.05) is 19.7 Å². The Hall–Kier alpha value is -0.960. The summed E-state index contributed by atoms with van der Waals surface area (Å²) in [7, 11) is -1.09. The molecular weight excluding hydrogens is 278 g/mol. The summed E-state index contributed by atoms with van der Waals surface area (Å²) in [6.45, 7) is 3.78. The minimum absolute atomic E-state index is 0.333. The second-order valence-electron chi connectivity index (χ2n) is 4.27. The molecule has 0 N–H and O–H groups in total. The van der Waals surface area contributed by atoms with Crippen LogP contribution in [0.5, 0.6) is 5.75 Å². The zero-order valence-electron chi connectivity index (χ0n) is 10.8. The van der Waals surface area contributed by atoms with Crippen molar-refractivity contribution in [3.05, 3.63) is 24.3 Å². The third kappa shape index (κ3) is 4.00. The molecule has 0 amide bonds. The largest absolute Gasteiger partial charge is 0.481 e. The fourth-order valence-electron chi connectivity index (χ4n) is 1.85. The third-order valence-electron chi connectivity index (χ3n) is 2.87. The lowest BCUT2D eigenvalue weighted by atomic mass is 10.3. The molecule has 0 radical (unpaired) electrons. The predicted octanol–water partition coefficient (Wildman–Crippen LogP) is 2.12.